The van der Waals surface area contributed by atoms with Crippen molar-refractivity contribution in [1.29, 1.82) is 0 Å². The first-order valence-corrected chi connectivity index (χ1v) is 17.3. The number of hydrogen-bond donors (Lipinski definition) is 0. The summed E-state index contributed by atoms with van der Waals surface area (Å²) in [4.78, 5) is 15.5. The molecule has 1 aromatic heterocycles. The summed E-state index contributed by atoms with van der Waals surface area (Å²) < 4.78 is 6.66. The van der Waals surface area contributed by atoms with Gasteiger partial charge >= 0.3 is 0 Å². The summed E-state index contributed by atoms with van der Waals surface area (Å²) in [5.74, 6) is 2.83. The van der Waals surface area contributed by atoms with Gasteiger partial charge in [0.25, 0.3) is 0 Å². The summed E-state index contributed by atoms with van der Waals surface area (Å²) in [7, 11) is 0. The molecule has 2 aliphatic rings. The lowest BCUT2D eigenvalue weighted by Gasteiger charge is -2.17. The first-order chi connectivity index (χ1) is 25.2. The zero-order chi connectivity index (χ0) is 33.7. The molecule has 2 heterocycles. The Morgan fingerprint density at radius 2 is 0.941 bits per heavy atom. The molecule has 0 fully saturated rings. The molecule has 51 heavy (non-hydrogen) atoms. The smallest absolute Gasteiger partial charge is 0.164 e. The van der Waals surface area contributed by atoms with Crippen molar-refractivity contribution in [2.24, 2.45) is 0 Å². The summed E-state index contributed by atoms with van der Waals surface area (Å²) in [6, 6.07) is 53.2. The SMILES string of the molecule is C1=CC2Oc3cc(-c4ccc5cc(-c6ccccc6)ccc5c4)cc(-c4nc(-c5ccccc5)nc(-c5ccc6ccccc6c5)n4)c3C2C=C1. The van der Waals surface area contributed by atoms with Crippen LogP contribution in [0.15, 0.2) is 176 Å². The van der Waals surface area contributed by atoms with Crippen LogP contribution in [-0.4, -0.2) is 21.1 Å². The van der Waals surface area contributed by atoms with Gasteiger partial charge in [0, 0.05) is 28.2 Å². The fourth-order valence-electron chi connectivity index (χ4n) is 7.43. The number of rotatable bonds is 5. The lowest BCUT2D eigenvalue weighted by molar-refractivity contribution is 0.269. The number of allylic oxidation sites excluding steroid dienone is 2. The predicted molar refractivity (Wildman–Crippen MR) is 207 cm³/mol. The van der Waals surface area contributed by atoms with E-state index >= 15 is 0 Å². The fraction of sp³-hybridized carbons (Fsp3) is 0.0426. The maximum absolute atomic E-state index is 6.66. The Morgan fingerprint density at radius 3 is 1.71 bits per heavy atom. The van der Waals surface area contributed by atoms with Crippen molar-refractivity contribution < 1.29 is 4.74 Å². The van der Waals surface area contributed by atoms with Crippen molar-refractivity contribution in [3.63, 3.8) is 0 Å². The van der Waals surface area contributed by atoms with E-state index in [0.29, 0.717) is 17.5 Å². The Bertz CT molecular complexity index is 2680. The Hall–Kier alpha value is -6.65. The number of ether oxygens (including phenoxy) is 1. The molecule has 1 aliphatic carbocycles. The standard InChI is InChI=1S/C47H31N3O/c1-3-11-30(12-4-1)34-20-21-36-26-37(23-22-35(36)25-34)39-28-41(44-40-17-9-10-18-42(40)51-43(44)29-39)47-49-45(32-14-5-2-6-15-32)48-46(50-47)38-24-19-31-13-7-8-16-33(31)27-38/h1-29,40,42H. The molecule has 0 saturated carbocycles. The van der Waals surface area contributed by atoms with E-state index in [2.05, 4.69) is 158 Å². The van der Waals surface area contributed by atoms with Crippen molar-refractivity contribution in [2.75, 3.05) is 0 Å². The molecule has 2 unspecified atom stereocenters. The van der Waals surface area contributed by atoms with E-state index in [1.165, 1.54) is 27.3 Å². The van der Waals surface area contributed by atoms with Crippen molar-refractivity contribution >= 4 is 21.5 Å². The minimum Gasteiger partial charge on any atom is -0.485 e. The Balaban J connectivity index is 1.16. The van der Waals surface area contributed by atoms with Gasteiger partial charge in [-0.15, -0.1) is 0 Å². The van der Waals surface area contributed by atoms with Crippen molar-refractivity contribution in [3.8, 4) is 62.2 Å². The Kier molecular flexibility index (Phi) is 6.91. The van der Waals surface area contributed by atoms with Crippen LogP contribution in [0.3, 0.4) is 0 Å². The summed E-state index contributed by atoms with van der Waals surface area (Å²) in [6.45, 7) is 0. The number of nitrogens with zero attached hydrogens (tertiary/aromatic N) is 3. The molecule has 0 spiro atoms. The van der Waals surface area contributed by atoms with Crippen LogP contribution in [0.4, 0.5) is 0 Å². The summed E-state index contributed by atoms with van der Waals surface area (Å²) >= 11 is 0. The summed E-state index contributed by atoms with van der Waals surface area (Å²) in [5.41, 5.74) is 8.52. The maximum atomic E-state index is 6.66. The highest BCUT2D eigenvalue weighted by Gasteiger charge is 2.36. The lowest BCUT2D eigenvalue weighted by Crippen LogP contribution is -2.16. The highest BCUT2D eigenvalue weighted by molar-refractivity contribution is 5.92. The van der Waals surface area contributed by atoms with Gasteiger partial charge in [-0.3, -0.25) is 0 Å². The molecular formula is C47H31N3O. The van der Waals surface area contributed by atoms with Gasteiger partial charge < -0.3 is 4.74 Å². The van der Waals surface area contributed by atoms with Crippen LogP contribution in [-0.2, 0) is 0 Å². The molecule has 0 radical (unpaired) electrons. The summed E-state index contributed by atoms with van der Waals surface area (Å²) in [6.07, 6.45) is 8.45. The molecule has 7 aromatic carbocycles. The van der Waals surface area contributed by atoms with E-state index in [0.717, 1.165) is 44.5 Å². The normalized spacial score (nSPS) is 15.8. The molecule has 0 amide bonds. The monoisotopic (exact) mass is 653 g/mol. The van der Waals surface area contributed by atoms with Gasteiger partial charge in [0.05, 0.1) is 0 Å². The summed E-state index contributed by atoms with van der Waals surface area (Å²) in [5, 5.41) is 4.70. The number of benzene rings is 7. The van der Waals surface area contributed by atoms with E-state index in [4.69, 9.17) is 19.7 Å². The second-order valence-electron chi connectivity index (χ2n) is 13.2. The van der Waals surface area contributed by atoms with Gasteiger partial charge in [-0.05, 0) is 80.2 Å². The molecule has 1 aliphatic heterocycles. The van der Waals surface area contributed by atoms with Gasteiger partial charge in [0.15, 0.2) is 17.5 Å². The molecule has 8 aromatic rings. The van der Waals surface area contributed by atoms with Crippen molar-refractivity contribution in [1.82, 2.24) is 15.0 Å². The molecular weight excluding hydrogens is 623 g/mol. The van der Waals surface area contributed by atoms with Gasteiger partial charge in [0.1, 0.15) is 11.9 Å². The predicted octanol–water partition coefficient (Wildman–Crippen LogP) is 11.5. The first kappa shape index (κ1) is 29.3. The third-order valence-corrected chi connectivity index (χ3v) is 10.0. The van der Waals surface area contributed by atoms with Crippen LogP contribution in [0.25, 0.3) is 78.0 Å². The molecule has 240 valence electrons. The van der Waals surface area contributed by atoms with Gasteiger partial charge in [-0.25, -0.2) is 15.0 Å². The first-order valence-electron chi connectivity index (χ1n) is 17.3. The van der Waals surface area contributed by atoms with Crippen LogP contribution in [0.2, 0.25) is 0 Å². The number of aromatic nitrogens is 3. The largest absolute Gasteiger partial charge is 0.485 e. The minimum absolute atomic E-state index is 0.0584. The topological polar surface area (TPSA) is 47.9 Å². The molecule has 0 N–H and O–H groups in total. The third kappa shape index (κ3) is 5.29. The molecule has 4 nitrogen and oxygen atoms in total. The van der Waals surface area contributed by atoms with Gasteiger partial charge in [-0.1, -0.05) is 140 Å². The quantitative estimate of drug-likeness (QED) is 0.185. The highest BCUT2D eigenvalue weighted by atomic mass is 16.5. The molecule has 0 saturated heterocycles. The third-order valence-electron chi connectivity index (χ3n) is 10.0. The van der Waals surface area contributed by atoms with E-state index in [-0.39, 0.29) is 12.0 Å². The van der Waals surface area contributed by atoms with Crippen molar-refractivity contribution in [3.05, 3.63) is 182 Å². The maximum Gasteiger partial charge on any atom is 0.164 e. The van der Waals surface area contributed by atoms with Crippen LogP contribution < -0.4 is 4.74 Å². The molecule has 2 atom stereocenters. The van der Waals surface area contributed by atoms with Crippen LogP contribution >= 0.6 is 0 Å². The zero-order valence-corrected chi connectivity index (χ0v) is 27.6. The Labute approximate surface area is 296 Å². The Morgan fingerprint density at radius 1 is 0.392 bits per heavy atom. The van der Waals surface area contributed by atoms with E-state index in [1.54, 1.807) is 0 Å². The molecule has 10 rings (SSSR count). The second-order valence-corrected chi connectivity index (χ2v) is 13.2. The molecule has 0 bridgehead atoms. The van der Waals surface area contributed by atoms with Crippen LogP contribution in [0.1, 0.15) is 11.5 Å². The average molecular weight is 654 g/mol. The van der Waals surface area contributed by atoms with Crippen molar-refractivity contribution in [2.45, 2.75) is 12.0 Å². The fourth-order valence-corrected chi connectivity index (χ4v) is 7.43. The van der Waals surface area contributed by atoms with Crippen LogP contribution in [0.5, 0.6) is 5.75 Å². The average Bonchev–Trinajstić information content (AvgIpc) is 3.59. The minimum atomic E-state index is -0.0811. The second kappa shape index (κ2) is 12.0. The molecule has 4 heteroatoms. The number of hydrogen-bond acceptors (Lipinski definition) is 4. The lowest BCUT2D eigenvalue weighted by atomic mass is 9.86. The zero-order valence-electron chi connectivity index (χ0n) is 27.6. The van der Waals surface area contributed by atoms with Gasteiger partial charge in [0.2, 0.25) is 0 Å². The van der Waals surface area contributed by atoms with E-state index in [1.807, 2.05) is 18.2 Å². The van der Waals surface area contributed by atoms with Gasteiger partial charge in [-0.2, -0.15) is 0 Å². The number of fused-ring (bicyclic) bond motifs is 5. The van der Waals surface area contributed by atoms with Crippen LogP contribution in [0, 0.1) is 0 Å². The highest BCUT2D eigenvalue weighted by Crippen LogP contribution is 2.48. The van der Waals surface area contributed by atoms with E-state index < -0.39 is 0 Å². The van der Waals surface area contributed by atoms with E-state index in [9.17, 15) is 0 Å².